The van der Waals surface area contributed by atoms with Crippen LogP contribution in [-0.2, 0) is 28.9 Å². The van der Waals surface area contributed by atoms with E-state index in [1.807, 2.05) is 12.1 Å². The molecule has 0 saturated heterocycles. The molecule has 0 amide bonds. The molecule has 0 spiro atoms. The van der Waals surface area contributed by atoms with Crippen LogP contribution in [0.5, 0.6) is 0 Å². The van der Waals surface area contributed by atoms with Gasteiger partial charge in [0.2, 0.25) is 0 Å². The monoisotopic (exact) mass is 409 g/mol. The van der Waals surface area contributed by atoms with Gasteiger partial charge in [0.1, 0.15) is 17.2 Å². The highest BCUT2D eigenvalue weighted by Crippen LogP contribution is 2.22. The Kier molecular flexibility index (Phi) is 8.92. The quantitative estimate of drug-likeness (QED) is 0.333. The lowest BCUT2D eigenvalue weighted by atomic mass is 10.1. The predicted molar refractivity (Wildman–Crippen MR) is 117 cm³/mol. The van der Waals surface area contributed by atoms with Crippen molar-refractivity contribution >= 4 is 11.0 Å². The maximum atomic E-state index is 13.0. The van der Waals surface area contributed by atoms with Crippen molar-refractivity contribution in [1.29, 1.82) is 0 Å². The third-order valence-electron chi connectivity index (χ3n) is 4.72. The molecule has 30 heavy (non-hydrogen) atoms. The van der Waals surface area contributed by atoms with Crippen molar-refractivity contribution in [2.45, 2.75) is 25.8 Å². The molecule has 0 fully saturated rings. The molecule has 0 aliphatic heterocycles. The average molecular weight is 410 g/mol. The van der Waals surface area contributed by atoms with Crippen molar-refractivity contribution in [3.05, 3.63) is 71.2 Å². The Hall–Kier alpha value is -2.65. The molecule has 0 radical (unpaired) electrons. The molecule has 3 aromatic rings. The third kappa shape index (κ3) is 7.31. The Morgan fingerprint density at radius 1 is 0.900 bits per heavy atom. The van der Waals surface area contributed by atoms with Gasteiger partial charge in [-0.15, -0.1) is 12.3 Å². The fourth-order valence-electron chi connectivity index (χ4n) is 3.11. The van der Waals surface area contributed by atoms with Crippen LogP contribution in [0.15, 0.2) is 52.9 Å². The molecule has 0 aliphatic carbocycles. The minimum absolute atomic E-state index is 0.208. The second-order valence-electron chi connectivity index (χ2n) is 7.07. The van der Waals surface area contributed by atoms with Gasteiger partial charge in [-0.2, -0.15) is 0 Å². The number of halogens is 1. The third-order valence-corrected chi connectivity index (χ3v) is 4.72. The molecule has 3 rings (SSSR count). The molecule has 0 bridgehead atoms. The molecule has 1 aromatic heterocycles. The van der Waals surface area contributed by atoms with E-state index in [-0.39, 0.29) is 5.82 Å². The lowest BCUT2D eigenvalue weighted by molar-refractivity contribution is 0.0510. The Labute approximate surface area is 177 Å². The summed E-state index contributed by atoms with van der Waals surface area (Å²) in [5, 5.41) is 4.47. The molecule has 0 atom stereocenters. The van der Waals surface area contributed by atoms with E-state index in [1.165, 1.54) is 17.7 Å². The highest BCUT2D eigenvalue weighted by molar-refractivity contribution is 5.78. The van der Waals surface area contributed by atoms with Crippen LogP contribution >= 0.6 is 0 Å². The molecule has 4 nitrogen and oxygen atoms in total. The van der Waals surface area contributed by atoms with Gasteiger partial charge in [0.05, 0.1) is 26.4 Å². The number of rotatable bonds is 13. The molecule has 0 unspecified atom stereocenters. The number of hydrogen-bond acceptors (Lipinski definition) is 4. The topological polar surface area (TPSA) is 43.6 Å². The standard InChI is InChI=1S/C25H28FNO3/c1-2-3-13-28-15-16-29-14-12-27-19-21-4-8-22-18-24(30-25(22)17-21)11-7-20-5-9-23(26)10-6-20/h1,4-6,8-10,17-18,27H,3,7,11-16,19H2. The van der Waals surface area contributed by atoms with E-state index in [0.29, 0.717) is 32.8 Å². The summed E-state index contributed by atoms with van der Waals surface area (Å²) in [5.74, 6) is 3.27. The number of ether oxygens (including phenoxy) is 2. The molecule has 5 heteroatoms. The molecule has 1 N–H and O–H groups in total. The zero-order valence-electron chi connectivity index (χ0n) is 17.2. The van der Waals surface area contributed by atoms with Crippen LogP contribution in [0.2, 0.25) is 0 Å². The molecule has 158 valence electrons. The van der Waals surface area contributed by atoms with Crippen LogP contribution in [0.25, 0.3) is 11.0 Å². The van der Waals surface area contributed by atoms with E-state index in [2.05, 4.69) is 35.5 Å². The van der Waals surface area contributed by atoms with Gasteiger partial charge >= 0.3 is 0 Å². The van der Waals surface area contributed by atoms with Gasteiger partial charge in [-0.25, -0.2) is 4.39 Å². The van der Waals surface area contributed by atoms with Gasteiger partial charge in [-0.05, 0) is 41.8 Å². The van der Waals surface area contributed by atoms with E-state index >= 15 is 0 Å². The van der Waals surface area contributed by atoms with Crippen molar-refractivity contribution in [3.63, 3.8) is 0 Å². The number of fused-ring (bicyclic) bond motifs is 1. The highest BCUT2D eigenvalue weighted by Gasteiger charge is 2.06. The van der Waals surface area contributed by atoms with Gasteiger partial charge in [0.25, 0.3) is 0 Å². The normalized spacial score (nSPS) is 11.1. The van der Waals surface area contributed by atoms with Crippen LogP contribution in [0, 0.1) is 18.2 Å². The van der Waals surface area contributed by atoms with Gasteiger partial charge in [-0.3, -0.25) is 0 Å². The highest BCUT2D eigenvalue weighted by atomic mass is 19.1. The van der Waals surface area contributed by atoms with Gasteiger partial charge in [-0.1, -0.05) is 24.3 Å². The van der Waals surface area contributed by atoms with E-state index < -0.39 is 0 Å². The Morgan fingerprint density at radius 3 is 2.47 bits per heavy atom. The number of furan rings is 1. The first-order chi connectivity index (χ1) is 14.7. The molecule has 0 saturated carbocycles. The number of hydrogen-bond donors (Lipinski definition) is 1. The molecule has 0 aliphatic rings. The predicted octanol–water partition coefficient (Wildman–Crippen LogP) is 4.50. The van der Waals surface area contributed by atoms with E-state index in [9.17, 15) is 4.39 Å². The Bertz CT molecular complexity index is 943. The summed E-state index contributed by atoms with van der Waals surface area (Å²) in [6, 6.07) is 15.0. The molecule has 2 aromatic carbocycles. The minimum Gasteiger partial charge on any atom is -0.461 e. The maximum Gasteiger partial charge on any atom is 0.134 e. The Morgan fingerprint density at radius 2 is 1.67 bits per heavy atom. The fraction of sp³-hybridized carbons (Fsp3) is 0.360. The van der Waals surface area contributed by atoms with E-state index in [1.54, 1.807) is 0 Å². The molecule has 1 heterocycles. The second-order valence-corrected chi connectivity index (χ2v) is 7.07. The summed E-state index contributed by atoms with van der Waals surface area (Å²) in [4.78, 5) is 0. The van der Waals surface area contributed by atoms with Crippen molar-refractivity contribution in [1.82, 2.24) is 5.32 Å². The lowest BCUT2D eigenvalue weighted by Crippen LogP contribution is -2.20. The van der Waals surface area contributed by atoms with Gasteiger partial charge < -0.3 is 19.2 Å². The average Bonchev–Trinajstić information content (AvgIpc) is 3.17. The maximum absolute atomic E-state index is 13.0. The molecular formula is C25H28FNO3. The summed E-state index contributed by atoms with van der Waals surface area (Å²) in [7, 11) is 0. The van der Waals surface area contributed by atoms with Crippen molar-refractivity contribution in [2.24, 2.45) is 0 Å². The van der Waals surface area contributed by atoms with Gasteiger partial charge in [0, 0.05) is 31.3 Å². The number of nitrogens with one attached hydrogen (secondary N) is 1. The van der Waals surface area contributed by atoms with Crippen LogP contribution in [0.3, 0.4) is 0 Å². The van der Waals surface area contributed by atoms with Crippen LogP contribution in [0.1, 0.15) is 23.3 Å². The summed E-state index contributed by atoms with van der Waals surface area (Å²) in [6.45, 7) is 3.88. The first kappa shape index (κ1) is 22.0. The largest absolute Gasteiger partial charge is 0.461 e. The SMILES string of the molecule is C#CCCOCCOCCNCc1ccc2cc(CCc3ccc(F)cc3)oc2c1. The summed E-state index contributed by atoms with van der Waals surface area (Å²) in [5.41, 5.74) is 3.16. The smallest absolute Gasteiger partial charge is 0.134 e. The molecular weight excluding hydrogens is 381 g/mol. The fourth-order valence-corrected chi connectivity index (χ4v) is 3.11. The van der Waals surface area contributed by atoms with E-state index in [4.69, 9.17) is 20.3 Å². The van der Waals surface area contributed by atoms with Gasteiger partial charge in [0.15, 0.2) is 0 Å². The van der Waals surface area contributed by atoms with Crippen LogP contribution < -0.4 is 5.32 Å². The van der Waals surface area contributed by atoms with Crippen LogP contribution in [-0.4, -0.2) is 33.0 Å². The zero-order valence-corrected chi connectivity index (χ0v) is 17.2. The number of terminal acetylenes is 1. The first-order valence-corrected chi connectivity index (χ1v) is 10.3. The summed E-state index contributed by atoms with van der Waals surface area (Å²) >= 11 is 0. The summed E-state index contributed by atoms with van der Waals surface area (Å²) in [6.07, 6.45) is 7.41. The number of aryl methyl sites for hydroxylation is 2. The van der Waals surface area contributed by atoms with E-state index in [0.717, 1.165) is 48.2 Å². The number of benzene rings is 2. The minimum atomic E-state index is -0.208. The second kappa shape index (κ2) is 12.1. The van der Waals surface area contributed by atoms with Crippen molar-refractivity contribution < 1.29 is 18.3 Å². The Balaban J connectivity index is 1.37. The summed E-state index contributed by atoms with van der Waals surface area (Å²) < 4.78 is 29.8. The zero-order chi connectivity index (χ0) is 21.0. The lowest BCUT2D eigenvalue weighted by Gasteiger charge is -2.07. The first-order valence-electron chi connectivity index (χ1n) is 10.3. The van der Waals surface area contributed by atoms with Crippen molar-refractivity contribution in [3.8, 4) is 12.3 Å². The van der Waals surface area contributed by atoms with Crippen molar-refractivity contribution in [2.75, 3.05) is 33.0 Å². The van der Waals surface area contributed by atoms with Crippen LogP contribution in [0.4, 0.5) is 4.39 Å².